The standard InChI is InChI=1S/C12H8BrN3O3/c1-18-12(17)9-5-19-11(16-9)8-4-15-10-7(8)2-6(13)3-14-10/h2-5H,1H3,(H,14,15). The first-order valence-corrected chi connectivity index (χ1v) is 6.15. The number of nitrogens with zero attached hydrogens (tertiary/aromatic N) is 2. The number of nitrogens with one attached hydrogen (secondary N) is 1. The molecule has 0 aliphatic heterocycles. The summed E-state index contributed by atoms with van der Waals surface area (Å²) < 4.78 is 10.7. The number of halogens is 1. The molecule has 0 saturated carbocycles. The molecule has 0 bridgehead atoms. The van der Waals surface area contributed by atoms with Crippen LogP contribution in [0.3, 0.4) is 0 Å². The third-order valence-electron chi connectivity index (χ3n) is 2.63. The zero-order valence-corrected chi connectivity index (χ0v) is 11.4. The van der Waals surface area contributed by atoms with E-state index in [4.69, 9.17) is 4.42 Å². The normalized spacial score (nSPS) is 10.8. The number of aromatic nitrogens is 3. The summed E-state index contributed by atoms with van der Waals surface area (Å²) in [5.74, 6) is -0.194. The molecule has 0 aromatic carbocycles. The highest BCUT2D eigenvalue weighted by molar-refractivity contribution is 9.10. The number of oxazole rings is 1. The van der Waals surface area contributed by atoms with Crippen molar-refractivity contribution in [3.8, 4) is 11.5 Å². The molecule has 96 valence electrons. The summed E-state index contributed by atoms with van der Waals surface area (Å²) in [4.78, 5) is 22.7. The van der Waals surface area contributed by atoms with Crippen LogP contribution in [-0.2, 0) is 4.74 Å². The first kappa shape index (κ1) is 11.9. The molecule has 0 unspecified atom stereocenters. The third kappa shape index (κ3) is 2.01. The Kier molecular flexibility index (Phi) is 2.83. The molecule has 0 aliphatic carbocycles. The number of methoxy groups -OCH3 is 1. The highest BCUT2D eigenvalue weighted by Crippen LogP contribution is 2.28. The second-order valence-electron chi connectivity index (χ2n) is 3.78. The smallest absolute Gasteiger partial charge is 0.360 e. The van der Waals surface area contributed by atoms with E-state index in [2.05, 4.69) is 35.6 Å². The fraction of sp³-hybridized carbons (Fsp3) is 0.0833. The molecule has 0 spiro atoms. The van der Waals surface area contributed by atoms with Gasteiger partial charge in [0.2, 0.25) is 5.89 Å². The Morgan fingerprint density at radius 3 is 3.16 bits per heavy atom. The second kappa shape index (κ2) is 4.51. The Hall–Kier alpha value is -2.15. The predicted octanol–water partition coefficient (Wildman–Crippen LogP) is 2.77. The summed E-state index contributed by atoms with van der Waals surface area (Å²) in [6, 6.07) is 1.90. The van der Waals surface area contributed by atoms with Crippen LogP contribution >= 0.6 is 15.9 Å². The fourth-order valence-corrected chi connectivity index (χ4v) is 2.08. The Balaban J connectivity index is 2.11. The van der Waals surface area contributed by atoms with E-state index in [0.29, 0.717) is 5.89 Å². The molecule has 1 N–H and O–H groups in total. The van der Waals surface area contributed by atoms with Gasteiger partial charge in [0.25, 0.3) is 0 Å². The summed E-state index contributed by atoms with van der Waals surface area (Å²) in [6.45, 7) is 0. The van der Waals surface area contributed by atoms with Gasteiger partial charge in [0, 0.05) is 22.3 Å². The summed E-state index contributed by atoms with van der Waals surface area (Å²) in [7, 11) is 1.30. The van der Waals surface area contributed by atoms with Crippen molar-refractivity contribution < 1.29 is 13.9 Å². The van der Waals surface area contributed by atoms with Gasteiger partial charge in [-0.05, 0) is 22.0 Å². The van der Waals surface area contributed by atoms with Crippen LogP contribution in [0.25, 0.3) is 22.5 Å². The van der Waals surface area contributed by atoms with Crippen LogP contribution < -0.4 is 0 Å². The van der Waals surface area contributed by atoms with Crippen molar-refractivity contribution in [3.63, 3.8) is 0 Å². The summed E-state index contributed by atoms with van der Waals surface area (Å²) in [5.41, 5.74) is 1.59. The molecule has 0 radical (unpaired) electrons. The number of esters is 1. The summed E-state index contributed by atoms with van der Waals surface area (Å²) in [5, 5.41) is 0.854. The van der Waals surface area contributed by atoms with Gasteiger partial charge < -0.3 is 14.1 Å². The molecular weight excluding hydrogens is 314 g/mol. The van der Waals surface area contributed by atoms with E-state index in [1.807, 2.05) is 6.07 Å². The van der Waals surface area contributed by atoms with Crippen molar-refractivity contribution >= 4 is 32.9 Å². The predicted molar refractivity (Wildman–Crippen MR) is 70.6 cm³/mol. The van der Waals surface area contributed by atoms with E-state index in [-0.39, 0.29) is 5.69 Å². The Labute approximate surface area is 115 Å². The first-order valence-electron chi connectivity index (χ1n) is 5.36. The van der Waals surface area contributed by atoms with E-state index < -0.39 is 5.97 Å². The van der Waals surface area contributed by atoms with Crippen molar-refractivity contribution in [2.75, 3.05) is 7.11 Å². The zero-order chi connectivity index (χ0) is 13.4. The molecule has 19 heavy (non-hydrogen) atoms. The van der Waals surface area contributed by atoms with Crippen molar-refractivity contribution in [3.05, 3.63) is 34.9 Å². The first-order chi connectivity index (χ1) is 9.19. The number of pyridine rings is 1. The summed E-state index contributed by atoms with van der Waals surface area (Å²) in [6.07, 6.45) is 4.69. The van der Waals surface area contributed by atoms with Gasteiger partial charge in [-0.25, -0.2) is 14.8 Å². The van der Waals surface area contributed by atoms with Gasteiger partial charge in [0.1, 0.15) is 11.9 Å². The van der Waals surface area contributed by atoms with Crippen LogP contribution in [0, 0.1) is 0 Å². The molecule has 7 heteroatoms. The van der Waals surface area contributed by atoms with Gasteiger partial charge in [0.15, 0.2) is 5.69 Å². The van der Waals surface area contributed by atoms with E-state index in [1.54, 1.807) is 12.4 Å². The average molecular weight is 322 g/mol. The lowest BCUT2D eigenvalue weighted by Gasteiger charge is -1.94. The van der Waals surface area contributed by atoms with E-state index >= 15 is 0 Å². The molecule has 6 nitrogen and oxygen atoms in total. The third-order valence-corrected chi connectivity index (χ3v) is 3.06. The maximum absolute atomic E-state index is 11.3. The maximum atomic E-state index is 11.3. The van der Waals surface area contributed by atoms with Crippen LogP contribution in [-0.4, -0.2) is 28.0 Å². The van der Waals surface area contributed by atoms with E-state index in [9.17, 15) is 4.79 Å². The van der Waals surface area contributed by atoms with Crippen LogP contribution in [0.4, 0.5) is 0 Å². The molecule has 3 aromatic rings. The fourth-order valence-electron chi connectivity index (χ4n) is 1.75. The lowest BCUT2D eigenvalue weighted by Crippen LogP contribution is -2.00. The number of H-pyrrole nitrogens is 1. The van der Waals surface area contributed by atoms with Crippen molar-refractivity contribution in [2.45, 2.75) is 0 Å². The molecular formula is C12H8BrN3O3. The largest absolute Gasteiger partial charge is 0.464 e. The van der Waals surface area contributed by atoms with Crippen LogP contribution in [0.15, 0.2) is 33.6 Å². The number of carbonyl (C=O) groups is 1. The quantitative estimate of drug-likeness (QED) is 0.734. The second-order valence-corrected chi connectivity index (χ2v) is 4.70. The highest BCUT2D eigenvalue weighted by atomic mass is 79.9. The molecule has 3 rings (SSSR count). The molecule has 3 heterocycles. The van der Waals surface area contributed by atoms with Crippen LogP contribution in [0.2, 0.25) is 0 Å². The number of aromatic amines is 1. The van der Waals surface area contributed by atoms with E-state index in [1.165, 1.54) is 13.4 Å². The monoisotopic (exact) mass is 321 g/mol. The molecule has 0 atom stereocenters. The average Bonchev–Trinajstić information content (AvgIpc) is 3.03. The van der Waals surface area contributed by atoms with Crippen molar-refractivity contribution in [1.82, 2.24) is 15.0 Å². The number of fused-ring (bicyclic) bond motifs is 1. The van der Waals surface area contributed by atoms with Crippen LogP contribution in [0.1, 0.15) is 10.5 Å². The molecule has 0 aliphatic rings. The molecule has 0 fully saturated rings. The molecule has 3 aromatic heterocycles. The minimum absolute atomic E-state index is 0.134. The van der Waals surface area contributed by atoms with Gasteiger partial charge >= 0.3 is 5.97 Å². The van der Waals surface area contributed by atoms with Gasteiger partial charge in [0.05, 0.1) is 12.7 Å². The Bertz CT molecular complexity index is 763. The number of rotatable bonds is 2. The van der Waals surface area contributed by atoms with Crippen molar-refractivity contribution in [1.29, 1.82) is 0 Å². The molecule has 0 amide bonds. The minimum Gasteiger partial charge on any atom is -0.464 e. The van der Waals surface area contributed by atoms with Gasteiger partial charge in [-0.2, -0.15) is 0 Å². The van der Waals surface area contributed by atoms with Gasteiger partial charge in [-0.1, -0.05) is 0 Å². The Morgan fingerprint density at radius 2 is 2.37 bits per heavy atom. The number of hydrogen-bond acceptors (Lipinski definition) is 5. The highest BCUT2D eigenvalue weighted by Gasteiger charge is 2.16. The lowest BCUT2D eigenvalue weighted by molar-refractivity contribution is 0.0594. The zero-order valence-electron chi connectivity index (χ0n) is 9.81. The lowest BCUT2D eigenvalue weighted by atomic mass is 10.2. The number of ether oxygens (including phenoxy) is 1. The van der Waals surface area contributed by atoms with E-state index in [0.717, 1.165) is 21.1 Å². The van der Waals surface area contributed by atoms with Crippen molar-refractivity contribution in [2.24, 2.45) is 0 Å². The van der Waals surface area contributed by atoms with Gasteiger partial charge in [-0.3, -0.25) is 0 Å². The minimum atomic E-state index is -0.533. The summed E-state index contributed by atoms with van der Waals surface area (Å²) >= 11 is 3.36. The SMILES string of the molecule is COC(=O)c1coc(-c2c[nH]c3ncc(Br)cc23)n1. The van der Waals surface area contributed by atoms with Crippen LogP contribution in [0.5, 0.6) is 0 Å². The number of hydrogen-bond donors (Lipinski definition) is 1. The molecule has 0 saturated heterocycles. The Morgan fingerprint density at radius 1 is 1.53 bits per heavy atom. The van der Waals surface area contributed by atoms with Gasteiger partial charge in [-0.15, -0.1) is 0 Å². The number of carbonyl (C=O) groups excluding carboxylic acids is 1. The maximum Gasteiger partial charge on any atom is 0.360 e. The topological polar surface area (TPSA) is 81.0 Å².